The van der Waals surface area contributed by atoms with E-state index in [1.165, 1.54) is 7.11 Å². The molecule has 0 saturated carbocycles. The molecule has 0 atom stereocenters. The third-order valence-electron chi connectivity index (χ3n) is 3.03. The fraction of sp³-hybridized carbons (Fsp3) is 0.211. The quantitative estimate of drug-likeness (QED) is 0.241. The average molecular weight is 328 g/mol. The Morgan fingerprint density at radius 2 is 1.58 bits per heavy atom. The van der Waals surface area contributed by atoms with E-state index < -0.39 is 5.97 Å². The summed E-state index contributed by atoms with van der Waals surface area (Å²) in [5.74, 6) is -0.0926. The van der Waals surface area contributed by atoms with Crippen LogP contribution in [0.25, 0.3) is 5.57 Å². The standard InChI is InChI=1S/C19H20O5/c1-3-14-22-24-18(20)17(15-10-6-4-7-11-15)19(21-2)23-16-12-8-5-9-13-16/h4-13H,3,14H2,1-2H3. The number of methoxy groups -OCH3 is 1. The van der Waals surface area contributed by atoms with E-state index in [9.17, 15) is 4.79 Å². The summed E-state index contributed by atoms with van der Waals surface area (Å²) in [6.07, 6.45) is 0.731. The minimum atomic E-state index is -0.678. The zero-order valence-corrected chi connectivity index (χ0v) is 13.7. The first-order valence-electron chi connectivity index (χ1n) is 7.66. The van der Waals surface area contributed by atoms with Crippen molar-refractivity contribution in [3.05, 3.63) is 72.2 Å². The molecule has 2 aromatic rings. The number of hydrogen-bond donors (Lipinski definition) is 0. The second-order valence-electron chi connectivity index (χ2n) is 4.84. The largest absolute Gasteiger partial charge is 0.468 e. The Labute approximate surface area is 141 Å². The van der Waals surface area contributed by atoms with Gasteiger partial charge in [-0.05, 0) is 24.1 Å². The molecule has 0 N–H and O–H groups in total. The third-order valence-corrected chi connectivity index (χ3v) is 3.03. The summed E-state index contributed by atoms with van der Waals surface area (Å²) < 4.78 is 11.0. The number of carbonyl (C=O) groups excluding carboxylic acids is 1. The zero-order chi connectivity index (χ0) is 17.2. The molecule has 24 heavy (non-hydrogen) atoms. The molecular formula is C19H20O5. The van der Waals surface area contributed by atoms with Crippen LogP contribution in [0.4, 0.5) is 0 Å². The first kappa shape index (κ1) is 17.6. The van der Waals surface area contributed by atoms with E-state index in [4.69, 9.17) is 19.2 Å². The molecule has 0 fully saturated rings. The van der Waals surface area contributed by atoms with Crippen LogP contribution in [0.2, 0.25) is 0 Å². The van der Waals surface area contributed by atoms with Crippen molar-refractivity contribution in [1.82, 2.24) is 0 Å². The van der Waals surface area contributed by atoms with Crippen LogP contribution in [-0.2, 0) is 19.3 Å². The van der Waals surface area contributed by atoms with Gasteiger partial charge in [0.25, 0.3) is 5.95 Å². The van der Waals surface area contributed by atoms with Crippen molar-refractivity contribution in [1.29, 1.82) is 0 Å². The fourth-order valence-corrected chi connectivity index (χ4v) is 1.93. The van der Waals surface area contributed by atoms with Gasteiger partial charge in [-0.25, -0.2) is 4.79 Å². The SMILES string of the molecule is CCCOOC(=O)C(=C(OC)Oc1ccccc1)c1ccccc1. The van der Waals surface area contributed by atoms with Crippen LogP contribution in [0, 0.1) is 0 Å². The Morgan fingerprint density at radius 3 is 2.17 bits per heavy atom. The van der Waals surface area contributed by atoms with Gasteiger partial charge in [-0.15, -0.1) is 0 Å². The van der Waals surface area contributed by atoms with Crippen molar-refractivity contribution in [3.8, 4) is 5.75 Å². The Kier molecular flexibility index (Phi) is 6.86. The van der Waals surface area contributed by atoms with Crippen LogP contribution < -0.4 is 4.74 Å². The van der Waals surface area contributed by atoms with Crippen LogP contribution >= 0.6 is 0 Å². The van der Waals surface area contributed by atoms with Crippen molar-refractivity contribution >= 4 is 11.5 Å². The van der Waals surface area contributed by atoms with Gasteiger partial charge in [-0.2, -0.15) is 4.89 Å². The zero-order valence-electron chi connectivity index (χ0n) is 13.7. The van der Waals surface area contributed by atoms with Crippen LogP contribution in [-0.4, -0.2) is 19.7 Å². The summed E-state index contributed by atoms with van der Waals surface area (Å²) >= 11 is 0. The summed E-state index contributed by atoms with van der Waals surface area (Å²) in [7, 11) is 1.43. The van der Waals surface area contributed by atoms with E-state index in [1.54, 1.807) is 24.3 Å². The van der Waals surface area contributed by atoms with Crippen LogP contribution in [0.1, 0.15) is 18.9 Å². The maximum Gasteiger partial charge on any atom is 0.380 e. The van der Waals surface area contributed by atoms with Crippen LogP contribution in [0.15, 0.2) is 66.6 Å². The van der Waals surface area contributed by atoms with Gasteiger partial charge >= 0.3 is 5.97 Å². The maximum atomic E-state index is 12.4. The molecule has 0 saturated heterocycles. The van der Waals surface area contributed by atoms with E-state index in [0.717, 1.165) is 6.42 Å². The van der Waals surface area contributed by atoms with Gasteiger partial charge in [-0.3, -0.25) is 4.89 Å². The lowest BCUT2D eigenvalue weighted by Crippen LogP contribution is -2.14. The highest BCUT2D eigenvalue weighted by atomic mass is 17.2. The van der Waals surface area contributed by atoms with Crippen molar-refractivity contribution < 1.29 is 24.0 Å². The molecule has 0 aliphatic carbocycles. The molecule has 0 bridgehead atoms. The monoisotopic (exact) mass is 328 g/mol. The first-order chi connectivity index (χ1) is 11.8. The number of para-hydroxylation sites is 1. The predicted octanol–water partition coefficient (Wildman–Crippen LogP) is 3.97. The summed E-state index contributed by atoms with van der Waals surface area (Å²) in [5.41, 5.74) is 0.758. The Bertz CT molecular complexity index is 665. The van der Waals surface area contributed by atoms with E-state index in [2.05, 4.69) is 0 Å². The van der Waals surface area contributed by atoms with Crippen LogP contribution in [0.3, 0.4) is 0 Å². The molecule has 0 aliphatic rings. The summed E-state index contributed by atoms with van der Waals surface area (Å²) in [6, 6.07) is 18.1. The molecule has 2 rings (SSSR count). The molecule has 126 valence electrons. The molecule has 5 heteroatoms. The van der Waals surface area contributed by atoms with E-state index in [1.807, 2.05) is 43.3 Å². The Hall–Kier alpha value is -2.79. The van der Waals surface area contributed by atoms with Gasteiger partial charge in [-0.1, -0.05) is 55.5 Å². The number of hydrogen-bond acceptors (Lipinski definition) is 5. The highest BCUT2D eigenvalue weighted by molar-refractivity contribution is 6.16. The highest BCUT2D eigenvalue weighted by Gasteiger charge is 2.23. The molecule has 5 nitrogen and oxygen atoms in total. The second kappa shape index (κ2) is 9.37. The van der Waals surface area contributed by atoms with Gasteiger partial charge in [0.2, 0.25) is 0 Å². The molecule has 0 spiro atoms. The lowest BCUT2D eigenvalue weighted by atomic mass is 10.1. The van der Waals surface area contributed by atoms with E-state index >= 15 is 0 Å². The smallest absolute Gasteiger partial charge is 0.380 e. The van der Waals surface area contributed by atoms with E-state index in [-0.39, 0.29) is 11.5 Å². The third kappa shape index (κ3) is 4.86. The lowest BCUT2D eigenvalue weighted by Gasteiger charge is -2.14. The lowest BCUT2D eigenvalue weighted by molar-refractivity contribution is -0.266. The summed E-state index contributed by atoms with van der Waals surface area (Å²) in [4.78, 5) is 22.2. The fourth-order valence-electron chi connectivity index (χ4n) is 1.93. The Balaban J connectivity index is 2.36. The first-order valence-corrected chi connectivity index (χ1v) is 7.66. The predicted molar refractivity (Wildman–Crippen MR) is 89.8 cm³/mol. The molecule has 0 heterocycles. The normalized spacial score (nSPS) is 11.4. The van der Waals surface area contributed by atoms with Gasteiger partial charge in [0.15, 0.2) is 5.57 Å². The number of ether oxygens (including phenoxy) is 2. The minimum Gasteiger partial charge on any atom is -0.468 e. The maximum absolute atomic E-state index is 12.4. The van der Waals surface area contributed by atoms with E-state index in [0.29, 0.717) is 17.9 Å². The number of carbonyl (C=O) groups is 1. The molecule has 0 amide bonds. The number of benzene rings is 2. The topological polar surface area (TPSA) is 54.0 Å². The molecule has 0 radical (unpaired) electrons. The van der Waals surface area contributed by atoms with Gasteiger partial charge in [0, 0.05) is 0 Å². The van der Waals surface area contributed by atoms with Crippen LogP contribution in [0.5, 0.6) is 5.75 Å². The molecule has 0 aliphatic heterocycles. The van der Waals surface area contributed by atoms with Crippen molar-refractivity contribution in [3.63, 3.8) is 0 Å². The molecule has 2 aromatic carbocycles. The van der Waals surface area contributed by atoms with Gasteiger partial charge in [0.05, 0.1) is 13.7 Å². The highest BCUT2D eigenvalue weighted by Crippen LogP contribution is 2.24. The van der Waals surface area contributed by atoms with Crippen molar-refractivity contribution in [2.24, 2.45) is 0 Å². The Morgan fingerprint density at radius 1 is 0.958 bits per heavy atom. The van der Waals surface area contributed by atoms with Crippen molar-refractivity contribution in [2.45, 2.75) is 13.3 Å². The molecular weight excluding hydrogens is 308 g/mol. The van der Waals surface area contributed by atoms with Gasteiger partial charge < -0.3 is 9.47 Å². The molecule has 0 unspecified atom stereocenters. The van der Waals surface area contributed by atoms with Crippen molar-refractivity contribution in [2.75, 3.05) is 13.7 Å². The van der Waals surface area contributed by atoms with Gasteiger partial charge in [0.1, 0.15) is 5.75 Å². The second-order valence-corrected chi connectivity index (χ2v) is 4.84. The number of rotatable bonds is 8. The summed E-state index contributed by atoms with van der Waals surface area (Å²) in [6.45, 7) is 2.23. The average Bonchev–Trinajstić information content (AvgIpc) is 2.63. The molecule has 0 aromatic heterocycles. The summed E-state index contributed by atoms with van der Waals surface area (Å²) in [5, 5.41) is 0. The minimum absolute atomic E-state index is 0.0394.